The van der Waals surface area contributed by atoms with E-state index in [1.165, 1.54) is 30.1 Å². The van der Waals surface area contributed by atoms with Crippen LogP contribution in [0.2, 0.25) is 0 Å². The van der Waals surface area contributed by atoms with Gasteiger partial charge in [-0.15, -0.1) is 0 Å². The molecule has 2 aromatic carbocycles. The number of amides is 1. The first kappa shape index (κ1) is 19.3. The van der Waals surface area contributed by atoms with E-state index in [9.17, 15) is 14.0 Å². The van der Waals surface area contributed by atoms with E-state index in [4.69, 9.17) is 4.74 Å². The standard InChI is InChI=1S/C22H17FN4O3/c1-13-18(12-24-20(25-13)14-5-3-6-15(23)11-14)21(28)26-27-10-9-16-17(22(29)30-2)7-4-8-19(16)27/h3-12H,1-2H3,(H,26,28). The molecule has 150 valence electrons. The van der Waals surface area contributed by atoms with Gasteiger partial charge in [0.25, 0.3) is 5.91 Å². The van der Waals surface area contributed by atoms with Crippen LogP contribution in [0.5, 0.6) is 0 Å². The smallest absolute Gasteiger partial charge is 0.338 e. The minimum Gasteiger partial charge on any atom is -0.465 e. The molecule has 0 aliphatic heterocycles. The summed E-state index contributed by atoms with van der Waals surface area (Å²) in [5.74, 6) is -0.930. The summed E-state index contributed by atoms with van der Waals surface area (Å²) in [6.07, 6.45) is 3.05. The number of aryl methyl sites for hydroxylation is 1. The van der Waals surface area contributed by atoms with Gasteiger partial charge in [0.1, 0.15) is 5.82 Å². The van der Waals surface area contributed by atoms with Gasteiger partial charge < -0.3 is 4.74 Å². The zero-order chi connectivity index (χ0) is 21.3. The highest BCUT2D eigenvalue weighted by Gasteiger charge is 2.16. The molecule has 1 amide bonds. The Morgan fingerprint density at radius 2 is 1.90 bits per heavy atom. The molecule has 0 atom stereocenters. The molecule has 0 spiro atoms. The van der Waals surface area contributed by atoms with E-state index < -0.39 is 11.9 Å². The zero-order valence-electron chi connectivity index (χ0n) is 16.2. The fourth-order valence-corrected chi connectivity index (χ4v) is 3.18. The Hall–Kier alpha value is -4.07. The summed E-state index contributed by atoms with van der Waals surface area (Å²) < 4.78 is 19.8. The molecule has 8 heteroatoms. The van der Waals surface area contributed by atoms with Crippen molar-refractivity contribution >= 4 is 22.8 Å². The van der Waals surface area contributed by atoms with Crippen molar-refractivity contribution in [2.45, 2.75) is 6.92 Å². The van der Waals surface area contributed by atoms with E-state index in [-0.39, 0.29) is 11.4 Å². The number of hydrogen-bond donors (Lipinski definition) is 1. The predicted molar refractivity (Wildman–Crippen MR) is 109 cm³/mol. The second-order valence-electron chi connectivity index (χ2n) is 6.56. The third-order valence-corrected chi connectivity index (χ3v) is 4.67. The first-order valence-electron chi connectivity index (χ1n) is 9.07. The van der Waals surface area contributed by atoms with Crippen LogP contribution in [0.4, 0.5) is 4.39 Å². The van der Waals surface area contributed by atoms with Crippen LogP contribution >= 0.6 is 0 Å². The number of methoxy groups -OCH3 is 1. The molecular weight excluding hydrogens is 387 g/mol. The fourth-order valence-electron chi connectivity index (χ4n) is 3.18. The van der Waals surface area contributed by atoms with Gasteiger partial charge in [-0.2, -0.15) is 0 Å². The van der Waals surface area contributed by atoms with Crippen molar-refractivity contribution in [3.63, 3.8) is 0 Å². The molecule has 4 aromatic rings. The number of fused-ring (bicyclic) bond motifs is 1. The number of ether oxygens (including phenoxy) is 1. The van der Waals surface area contributed by atoms with Crippen molar-refractivity contribution in [2.24, 2.45) is 0 Å². The zero-order valence-corrected chi connectivity index (χ0v) is 16.2. The minimum atomic E-state index is -0.457. The van der Waals surface area contributed by atoms with Crippen LogP contribution in [0.3, 0.4) is 0 Å². The summed E-state index contributed by atoms with van der Waals surface area (Å²) in [6, 6.07) is 12.8. The van der Waals surface area contributed by atoms with Crippen molar-refractivity contribution < 1.29 is 18.7 Å². The highest BCUT2D eigenvalue weighted by molar-refractivity contribution is 6.05. The van der Waals surface area contributed by atoms with Gasteiger partial charge in [0, 0.05) is 23.3 Å². The van der Waals surface area contributed by atoms with Crippen LogP contribution in [0, 0.1) is 12.7 Å². The Morgan fingerprint density at radius 1 is 1.10 bits per heavy atom. The average molecular weight is 404 g/mol. The number of nitrogens with one attached hydrogen (secondary N) is 1. The van der Waals surface area contributed by atoms with E-state index in [0.29, 0.717) is 33.5 Å². The van der Waals surface area contributed by atoms with Crippen molar-refractivity contribution in [3.05, 3.63) is 83.6 Å². The van der Waals surface area contributed by atoms with Crippen molar-refractivity contribution in [1.29, 1.82) is 0 Å². The average Bonchev–Trinajstić information content (AvgIpc) is 3.16. The van der Waals surface area contributed by atoms with E-state index in [1.54, 1.807) is 49.5 Å². The van der Waals surface area contributed by atoms with E-state index in [0.717, 1.165) is 0 Å². The van der Waals surface area contributed by atoms with Gasteiger partial charge in [-0.1, -0.05) is 18.2 Å². The van der Waals surface area contributed by atoms with E-state index in [2.05, 4.69) is 15.4 Å². The predicted octanol–water partition coefficient (Wildman–Crippen LogP) is 3.72. The molecule has 2 aromatic heterocycles. The van der Waals surface area contributed by atoms with Gasteiger partial charge in [-0.05, 0) is 37.3 Å². The highest BCUT2D eigenvalue weighted by Crippen LogP contribution is 2.21. The minimum absolute atomic E-state index is 0.279. The number of esters is 1. The number of aromatic nitrogens is 3. The first-order valence-corrected chi connectivity index (χ1v) is 9.07. The Morgan fingerprint density at radius 3 is 2.63 bits per heavy atom. The maximum absolute atomic E-state index is 13.4. The van der Waals surface area contributed by atoms with Crippen molar-refractivity contribution in [1.82, 2.24) is 14.6 Å². The Bertz CT molecular complexity index is 1280. The second-order valence-corrected chi connectivity index (χ2v) is 6.56. The Balaban J connectivity index is 1.62. The molecule has 0 bridgehead atoms. The number of hydrogen-bond acceptors (Lipinski definition) is 5. The second kappa shape index (κ2) is 7.75. The van der Waals surface area contributed by atoms with Crippen LogP contribution in [-0.4, -0.2) is 33.6 Å². The van der Waals surface area contributed by atoms with Crippen LogP contribution in [-0.2, 0) is 4.74 Å². The number of rotatable bonds is 4. The molecule has 0 aliphatic rings. The first-order chi connectivity index (χ1) is 14.5. The Kier molecular flexibility index (Phi) is 4.97. The lowest BCUT2D eigenvalue weighted by molar-refractivity contribution is 0.0603. The maximum atomic E-state index is 13.4. The maximum Gasteiger partial charge on any atom is 0.338 e. The molecule has 0 aliphatic carbocycles. The summed E-state index contributed by atoms with van der Waals surface area (Å²) in [6.45, 7) is 1.68. The molecule has 7 nitrogen and oxygen atoms in total. The van der Waals surface area contributed by atoms with Crippen LogP contribution < -0.4 is 5.43 Å². The Labute approximate surface area is 171 Å². The molecule has 0 unspecified atom stereocenters. The monoisotopic (exact) mass is 404 g/mol. The quantitative estimate of drug-likeness (QED) is 0.524. The van der Waals surface area contributed by atoms with Gasteiger partial charge in [0.05, 0.1) is 29.4 Å². The summed E-state index contributed by atoms with van der Waals surface area (Å²) in [7, 11) is 1.32. The number of carbonyl (C=O) groups is 2. The van der Waals surface area contributed by atoms with E-state index >= 15 is 0 Å². The van der Waals surface area contributed by atoms with Crippen LogP contribution in [0.15, 0.2) is 60.9 Å². The lowest BCUT2D eigenvalue weighted by Crippen LogP contribution is -2.23. The van der Waals surface area contributed by atoms with Gasteiger partial charge in [0.2, 0.25) is 0 Å². The third-order valence-electron chi connectivity index (χ3n) is 4.67. The molecule has 1 N–H and O–H groups in total. The number of nitrogens with zero attached hydrogens (tertiary/aromatic N) is 3. The topological polar surface area (TPSA) is 86.1 Å². The molecule has 0 fully saturated rings. The molecular formula is C22H17FN4O3. The van der Waals surface area contributed by atoms with Crippen molar-refractivity contribution in [3.8, 4) is 11.4 Å². The van der Waals surface area contributed by atoms with Crippen LogP contribution in [0.25, 0.3) is 22.3 Å². The third kappa shape index (κ3) is 3.50. The summed E-state index contributed by atoms with van der Waals surface area (Å²) in [5, 5.41) is 0.652. The van der Waals surface area contributed by atoms with Gasteiger partial charge in [-0.25, -0.2) is 19.2 Å². The van der Waals surface area contributed by atoms with Gasteiger partial charge in [-0.3, -0.25) is 14.9 Å². The molecule has 0 radical (unpaired) electrons. The molecule has 0 saturated heterocycles. The summed E-state index contributed by atoms with van der Waals surface area (Å²) in [4.78, 5) is 33.3. The molecule has 0 saturated carbocycles. The fraction of sp³-hybridized carbons (Fsp3) is 0.0909. The number of carbonyl (C=O) groups excluding carboxylic acids is 2. The normalized spacial score (nSPS) is 10.8. The number of halogens is 1. The number of benzene rings is 2. The van der Waals surface area contributed by atoms with Gasteiger partial charge >= 0.3 is 5.97 Å². The lowest BCUT2D eigenvalue weighted by Gasteiger charge is -2.11. The van der Waals surface area contributed by atoms with Crippen molar-refractivity contribution in [2.75, 3.05) is 12.5 Å². The summed E-state index contributed by atoms with van der Waals surface area (Å²) in [5.41, 5.74) is 5.06. The highest BCUT2D eigenvalue weighted by atomic mass is 19.1. The molecule has 4 rings (SSSR count). The van der Waals surface area contributed by atoms with E-state index in [1.807, 2.05) is 0 Å². The summed E-state index contributed by atoms with van der Waals surface area (Å²) >= 11 is 0. The molecule has 2 heterocycles. The largest absolute Gasteiger partial charge is 0.465 e. The molecule has 30 heavy (non-hydrogen) atoms. The lowest BCUT2D eigenvalue weighted by atomic mass is 10.1. The SMILES string of the molecule is COC(=O)c1cccc2c1ccn2NC(=O)c1cnc(-c2cccc(F)c2)nc1C. The van der Waals surface area contributed by atoms with Gasteiger partial charge in [0.15, 0.2) is 5.82 Å². The van der Waals surface area contributed by atoms with Crippen LogP contribution in [0.1, 0.15) is 26.4 Å².